The zero-order chi connectivity index (χ0) is 22.4. The van der Waals surface area contributed by atoms with Crippen LogP contribution < -0.4 is 14.9 Å². The van der Waals surface area contributed by atoms with E-state index in [1.165, 1.54) is 31.4 Å². The number of hydrogen-bond donors (Lipinski definition) is 2. The Labute approximate surface area is 189 Å². The van der Waals surface area contributed by atoms with Gasteiger partial charge in [0.25, 0.3) is 15.9 Å². The van der Waals surface area contributed by atoms with Gasteiger partial charge in [0.15, 0.2) is 0 Å². The average Bonchev–Trinajstić information content (AvgIpc) is 2.78. The number of benzene rings is 3. The number of amides is 1. The zero-order valence-electron chi connectivity index (χ0n) is 16.8. The molecule has 0 fully saturated rings. The monoisotopic (exact) mass is 501 g/mol. The minimum Gasteiger partial charge on any atom is -0.497 e. The summed E-state index contributed by atoms with van der Waals surface area (Å²) in [5.41, 5.74) is 4.48. The van der Waals surface area contributed by atoms with Crippen molar-refractivity contribution in [1.82, 2.24) is 5.43 Å². The van der Waals surface area contributed by atoms with Gasteiger partial charge in [-0.2, -0.15) is 5.10 Å². The maximum absolute atomic E-state index is 12.7. The highest BCUT2D eigenvalue weighted by Gasteiger charge is 2.16. The molecule has 3 aromatic rings. The largest absolute Gasteiger partial charge is 0.497 e. The second-order valence-corrected chi connectivity index (χ2v) is 9.10. The second-order valence-electron chi connectivity index (χ2n) is 6.51. The Morgan fingerprint density at radius 1 is 0.968 bits per heavy atom. The van der Waals surface area contributed by atoms with Crippen LogP contribution in [-0.4, -0.2) is 27.1 Å². The van der Waals surface area contributed by atoms with Crippen LogP contribution in [0.15, 0.2) is 87.3 Å². The summed E-state index contributed by atoms with van der Waals surface area (Å²) < 4.78 is 33.9. The van der Waals surface area contributed by atoms with Crippen LogP contribution in [-0.2, 0) is 10.0 Å². The highest BCUT2D eigenvalue weighted by atomic mass is 79.9. The van der Waals surface area contributed by atoms with E-state index in [-0.39, 0.29) is 10.5 Å². The lowest BCUT2D eigenvalue weighted by Gasteiger charge is -2.10. The Balaban J connectivity index is 1.74. The number of rotatable bonds is 7. The first kappa shape index (κ1) is 22.5. The summed E-state index contributed by atoms with van der Waals surface area (Å²) in [5.74, 6) is 0.0959. The number of anilines is 1. The van der Waals surface area contributed by atoms with Gasteiger partial charge in [0.05, 0.1) is 17.7 Å². The van der Waals surface area contributed by atoms with Crippen molar-refractivity contribution in [3.8, 4) is 5.75 Å². The standard InChI is InChI=1S/C22H20BrN3O4S/c1-15(16-6-8-18(23)9-7-16)24-25-22(27)17-4-3-5-21(14-17)31(28,29)26-19-10-12-20(30-2)13-11-19/h3-14,26H,1-2H3,(H,25,27)/b24-15-. The van der Waals surface area contributed by atoms with E-state index in [9.17, 15) is 13.2 Å². The fourth-order valence-electron chi connectivity index (χ4n) is 2.63. The first-order valence-electron chi connectivity index (χ1n) is 9.16. The summed E-state index contributed by atoms with van der Waals surface area (Å²) in [6.45, 7) is 1.77. The third kappa shape index (κ3) is 5.93. The van der Waals surface area contributed by atoms with E-state index in [0.717, 1.165) is 10.0 Å². The first-order chi connectivity index (χ1) is 14.8. The van der Waals surface area contributed by atoms with E-state index in [4.69, 9.17) is 4.74 Å². The van der Waals surface area contributed by atoms with Gasteiger partial charge in [-0.25, -0.2) is 13.8 Å². The molecule has 3 aromatic carbocycles. The fraction of sp³-hybridized carbons (Fsp3) is 0.0909. The van der Waals surface area contributed by atoms with Crippen molar-refractivity contribution in [2.75, 3.05) is 11.8 Å². The molecule has 0 radical (unpaired) electrons. The number of carbonyl (C=O) groups excluding carboxylic acids is 1. The SMILES string of the molecule is COc1ccc(NS(=O)(=O)c2cccc(C(=O)N/N=C(/C)c3ccc(Br)cc3)c2)cc1. The van der Waals surface area contributed by atoms with Gasteiger partial charge < -0.3 is 4.74 Å². The molecule has 7 nitrogen and oxygen atoms in total. The van der Waals surface area contributed by atoms with Crippen molar-refractivity contribution >= 4 is 43.3 Å². The Morgan fingerprint density at radius 2 is 1.65 bits per heavy atom. The summed E-state index contributed by atoms with van der Waals surface area (Å²) in [5, 5.41) is 4.10. The van der Waals surface area contributed by atoms with Crippen LogP contribution in [0.25, 0.3) is 0 Å². The van der Waals surface area contributed by atoms with E-state index >= 15 is 0 Å². The van der Waals surface area contributed by atoms with Crippen molar-refractivity contribution in [3.05, 3.63) is 88.4 Å². The fourth-order valence-corrected chi connectivity index (χ4v) is 4.00. The number of carbonyl (C=O) groups is 1. The van der Waals surface area contributed by atoms with Crippen LogP contribution in [0.2, 0.25) is 0 Å². The molecular formula is C22H20BrN3O4S. The van der Waals surface area contributed by atoms with Crippen molar-refractivity contribution in [3.63, 3.8) is 0 Å². The lowest BCUT2D eigenvalue weighted by Crippen LogP contribution is -2.20. The molecule has 0 aliphatic heterocycles. The summed E-state index contributed by atoms with van der Waals surface area (Å²) in [6.07, 6.45) is 0. The van der Waals surface area contributed by atoms with Gasteiger partial charge >= 0.3 is 0 Å². The van der Waals surface area contributed by atoms with Gasteiger partial charge in [-0.1, -0.05) is 34.1 Å². The van der Waals surface area contributed by atoms with E-state index in [0.29, 0.717) is 17.1 Å². The quantitative estimate of drug-likeness (QED) is 0.370. The molecule has 0 aromatic heterocycles. The zero-order valence-corrected chi connectivity index (χ0v) is 19.2. The number of ether oxygens (including phenoxy) is 1. The molecule has 0 saturated carbocycles. The molecule has 2 N–H and O–H groups in total. The Morgan fingerprint density at radius 3 is 2.29 bits per heavy atom. The van der Waals surface area contributed by atoms with Crippen molar-refractivity contribution < 1.29 is 17.9 Å². The van der Waals surface area contributed by atoms with Crippen LogP contribution in [0, 0.1) is 0 Å². The van der Waals surface area contributed by atoms with Crippen molar-refractivity contribution in [2.24, 2.45) is 5.10 Å². The number of nitrogens with one attached hydrogen (secondary N) is 2. The van der Waals surface area contributed by atoms with Gasteiger partial charge in [0.2, 0.25) is 0 Å². The number of halogens is 1. The average molecular weight is 502 g/mol. The van der Waals surface area contributed by atoms with Crippen molar-refractivity contribution in [1.29, 1.82) is 0 Å². The van der Waals surface area contributed by atoms with E-state index < -0.39 is 15.9 Å². The maximum Gasteiger partial charge on any atom is 0.271 e. The summed E-state index contributed by atoms with van der Waals surface area (Å²) in [7, 11) is -2.35. The number of methoxy groups -OCH3 is 1. The number of nitrogens with zero attached hydrogens (tertiary/aromatic N) is 1. The van der Waals surface area contributed by atoms with Gasteiger partial charge in [0, 0.05) is 15.7 Å². The molecule has 31 heavy (non-hydrogen) atoms. The van der Waals surface area contributed by atoms with Crippen LogP contribution in [0.1, 0.15) is 22.8 Å². The molecule has 3 rings (SSSR count). The molecule has 0 aliphatic carbocycles. The third-order valence-electron chi connectivity index (χ3n) is 4.34. The van der Waals surface area contributed by atoms with Gasteiger partial charge in [-0.05, 0) is 67.1 Å². The molecule has 0 heterocycles. The van der Waals surface area contributed by atoms with E-state index in [1.54, 1.807) is 31.2 Å². The van der Waals surface area contributed by atoms with Crippen LogP contribution in [0.5, 0.6) is 5.75 Å². The van der Waals surface area contributed by atoms with Gasteiger partial charge in [-0.3, -0.25) is 9.52 Å². The summed E-state index contributed by atoms with van der Waals surface area (Å²) >= 11 is 3.37. The Bertz CT molecular complexity index is 1210. The second kappa shape index (κ2) is 9.76. The highest BCUT2D eigenvalue weighted by molar-refractivity contribution is 9.10. The topological polar surface area (TPSA) is 96.9 Å². The van der Waals surface area contributed by atoms with Gasteiger partial charge in [0.1, 0.15) is 5.75 Å². The molecule has 1 amide bonds. The molecule has 0 bridgehead atoms. The molecule has 0 unspecified atom stereocenters. The van der Waals surface area contributed by atoms with Crippen LogP contribution in [0.4, 0.5) is 5.69 Å². The number of sulfonamides is 1. The molecule has 0 spiro atoms. The van der Waals surface area contributed by atoms with Crippen molar-refractivity contribution in [2.45, 2.75) is 11.8 Å². The predicted molar refractivity (Wildman–Crippen MR) is 124 cm³/mol. The van der Waals surface area contributed by atoms with E-state index in [1.807, 2.05) is 24.3 Å². The van der Waals surface area contributed by atoms with Crippen LogP contribution in [0.3, 0.4) is 0 Å². The smallest absolute Gasteiger partial charge is 0.271 e. The molecule has 9 heteroatoms. The Hall–Kier alpha value is -3.17. The minimum atomic E-state index is -3.88. The minimum absolute atomic E-state index is 0.0374. The van der Waals surface area contributed by atoms with Crippen LogP contribution >= 0.6 is 15.9 Å². The highest BCUT2D eigenvalue weighted by Crippen LogP contribution is 2.20. The molecule has 0 saturated heterocycles. The molecule has 160 valence electrons. The lowest BCUT2D eigenvalue weighted by atomic mass is 10.1. The summed E-state index contributed by atoms with van der Waals surface area (Å²) in [6, 6.07) is 19.7. The number of hydrazone groups is 1. The predicted octanol–water partition coefficient (Wildman–Crippen LogP) is 4.41. The molecule has 0 aliphatic rings. The Kier molecular flexibility index (Phi) is 7.09. The first-order valence-corrected chi connectivity index (χ1v) is 11.4. The summed E-state index contributed by atoms with van der Waals surface area (Å²) in [4.78, 5) is 12.5. The van der Waals surface area contributed by atoms with Gasteiger partial charge in [-0.15, -0.1) is 0 Å². The normalized spacial score (nSPS) is 11.6. The molecule has 0 atom stereocenters. The lowest BCUT2D eigenvalue weighted by molar-refractivity contribution is 0.0954. The number of hydrogen-bond acceptors (Lipinski definition) is 5. The van der Waals surface area contributed by atoms with E-state index in [2.05, 4.69) is 31.2 Å². The third-order valence-corrected chi connectivity index (χ3v) is 6.24. The molecular weight excluding hydrogens is 482 g/mol. The maximum atomic E-state index is 12.7.